The zero-order chi connectivity index (χ0) is 20.7. The van der Waals surface area contributed by atoms with Crippen LogP contribution in [0.5, 0.6) is 5.88 Å². The van der Waals surface area contributed by atoms with E-state index in [0.29, 0.717) is 5.69 Å². The summed E-state index contributed by atoms with van der Waals surface area (Å²) in [7, 11) is -4.25. The molecule has 16 heteroatoms. The summed E-state index contributed by atoms with van der Waals surface area (Å²) in [5.41, 5.74) is 0.178. The van der Waals surface area contributed by atoms with Gasteiger partial charge in [0.25, 0.3) is 5.88 Å². The molecule has 0 saturated carbocycles. The van der Waals surface area contributed by atoms with Crippen LogP contribution in [-0.4, -0.2) is 54.1 Å². The molecule has 0 bridgehead atoms. The summed E-state index contributed by atoms with van der Waals surface area (Å²) < 4.78 is 48.9. The molecule has 0 fully saturated rings. The predicted octanol–water partition coefficient (Wildman–Crippen LogP) is 0.700. The first kappa shape index (κ1) is 21.3. The summed E-state index contributed by atoms with van der Waals surface area (Å²) in [5.74, 6) is -0.991. The molecule has 1 aromatic heterocycles. The van der Waals surface area contributed by atoms with E-state index in [4.69, 9.17) is 9.84 Å². The minimum absolute atomic E-state index is 0.158. The molecule has 1 amide bonds. The van der Waals surface area contributed by atoms with Gasteiger partial charge in [0, 0.05) is 12.2 Å². The second-order valence-corrected chi connectivity index (χ2v) is 7.13. The van der Waals surface area contributed by atoms with Gasteiger partial charge in [-0.15, -0.1) is 0 Å². The maximum atomic E-state index is 13.3. The van der Waals surface area contributed by atoms with Crippen molar-refractivity contribution in [2.75, 3.05) is 18.5 Å². The van der Waals surface area contributed by atoms with E-state index < -0.39 is 22.1 Å². The van der Waals surface area contributed by atoms with E-state index in [1.807, 2.05) is 4.72 Å². The summed E-state index contributed by atoms with van der Waals surface area (Å²) in [6.45, 7) is -0.610. The molecule has 28 heavy (non-hydrogen) atoms. The molecule has 0 aliphatic carbocycles. The zero-order valence-electron chi connectivity index (χ0n) is 13.6. The van der Waals surface area contributed by atoms with Crippen LogP contribution in [0.1, 0.15) is 5.69 Å². The first-order chi connectivity index (χ1) is 13.2. The maximum absolute atomic E-state index is 13.3. The van der Waals surface area contributed by atoms with Crippen LogP contribution in [0.2, 0.25) is 0 Å². The van der Waals surface area contributed by atoms with Gasteiger partial charge in [0.15, 0.2) is 0 Å². The van der Waals surface area contributed by atoms with Crippen molar-refractivity contribution in [1.82, 2.24) is 19.8 Å². The number of hydrogen-bond donors (Lipinski definition) is 5. The molecule has 0 aliphatic heterocycles. The fraction of sp³-hybridized carbons (Fsp3) is 0.167. The Morgan fingerprint density at radius 3 is 2.79 bits per heavy atom. The molecule has 0 aliphatic rings. The molecule has 2 rings (SSSR count). The van der Waals surface area contributed by atoms with Gasteiger partial charge in [0.05, 0.1) is 4.47 Å². The van der Waals surface area contributed by atoms with Crippen LogP contribution in [-0.2, 0) is 10.2 Å². The number of rotatable bonds is 8. The number of carboxylic acid groups (broad SMARTS) is 1. The molecule has 1 heterocycles. The monoisotopic (exact) mass is 482 g/mol. The number of carbonyl (C=O) groups is 1. The van der Waals surface area contributed by atoms with Gasteiger partial charge in [-0.05, 0) is 44.4 Å². The Kier molecular flexibility index (Phi) is 7.07. The van der Waals surface area contributed by atoms with Gasteiger partial charge in [0.2, 0.25) is 11.5 Å². The third-order valence-electron chi connectivity index (χ3n) is 2.82. The minimum Gasteiger partial charge on any atom is -0.472 e. The standard InChI is InChI=1S/C12H12BrFN6O7S/c13-7-5-6(1-2-8(7)14)16-10(17-23)9-11(19-27-18-9)26-4-3-15-28(24,25)20-12(21)22/h1-2,5,15,20,23H,3-4H2,(H,16,17)(H,21,22). The molecule has 0 unspecified atom stereocenters. The Labute approximate surface area is 164 Å². The second-order valence-electron chi connectivity index (χ2n) is 4.77. The normalized spacial score (nSPS) is 11.9. The molecule has 0 spiro atoms. The summed E-state index contributed by atoms with van der Waals surface area (Å²) in [5, 5.41) is 30.2. The highest BCUT2D eigenvalue weighted by atomic mass is 79.9. The van der Waals surface area contributed by atoms with Gasteiger partial charge in [-0.25, -0.2) is 18.5 Å². The topological polar surface area (TPSA) is 188 Å². The third-order valence-corrected chi connectivity index (χ3v) is 4.45. The van der Waals surface area contributed by atoms with E-state index in [9.17, 15) is 22.8 Å². The minimum atomic E-state index is -4.25. The average Bonchev–Trinajstić information content (AvgIpc) is 3.07. The van der Waals surface area contributed by atoms with Gasteiger partial charge < -0.3 is 20.4 Å². The molecule has 0 atom stereocenters. The van der Waals surface area contributed by atoms with Gasteiger partial charge in [0.1, 0.15) is 12.4 Å². The number of halogens is 2. The van der Waals surface area contributed by atoms with Crippen molar-refractivity contribution in [2.45, 2.75) is 0 Å². The lowest BCUT2D eigenvalue weighted by molar-refractivity contribution is 0.201. The van der Waals surface area contributed by atoms with E-state index in [0.717, 1.165) is 6.07 Å². The Hall–Kier alpha value is -2.98. The smallest absolute Gasteiger partial charge is 0.419 e. The fourth-order valence-electron chi connectivity index (χ4n) is 1.74. The highest BCUT2D eigenvalue weighted by Crippen LogP contribution is 2.21. The molecule has 0 saturated heterocycles. The van der Waals surface area contributed by atoms with E-state index in [1.54, 1.807) is 0 Å². The number of nitrogens with one attached hydrogen (secondary N) is 3. The summed E-state index contributed by atoms with van der Waals surface area (Å²) in [6.07, 6.45) is -1.75. The number of nitrogens with zero attached hydrogens (tertiary/aromatic N) is 3. The van der Waals surface area contributed by atoms with Gasteiger partial charge in [-0.3, -0.25) is 0 Å². The highest BCUT2D eigenvalue weighted by molar-refractivity contribution is 9.10. The molecule has 5 N–H and O–H groups in total. The predicted molar refractivity (Wildman–Crippen MR) is 93.9 cm³/mol. The number of amides is 1. The lowest BCUT2D eigenvalue weighted by Gasteiger charge is -2.09. The first-order valence-electron chi connectivity index (χ1n) is 7.12. The van der Waals surface area contributed by atoms with Crippen LogP contribution in [0.4, 0.5) is 14.9 Å². The van der Waals surface area contributed by atoms with E-state index in [2.05, 4.69) is 41.3 Å². The SMILES string of the molecule is O=C(O)NS(=O)(=O)NCCOc1nonc1/C(=N\O)Nc1ccc(F)c(Br)c1. The molecule has 0 radical (unpaired) electrons. The number of aromatic nitrogens is 2. The van der Waals surface area contributed by atoms with Gasteiger partial charge >= 0.3 is 16.3 Å². The van der Waals surface area contributed by atoms with Crippen molar-refractivity contribution in [3.63, 3.8) is 0 Å². The Morgan fingerprint density at radius 2 is 2.14 bits per heavy atom. The molecule has 1 aromatic carbocycles. The Morgan fingerprint density at radius 1 is 1.39 bits per heavy atom. The van der Waals surface area contributed by atoms with Crippen LogP contribution in [0.25, 0.3) is 0 Å². The lowest BCUT2D eigenvalue weighted by atomic mass is 10.3. The van der Waals surface area contributed by atoms with Crippen LogP contribution in [0.15, 0.2) is 32.5 Å². The molecular weight excluding hydrogens is 471 g/mol. The number of benzene rings is 1. The maximum Gasteiger partial charge on any atom is 0.419 e. The van der Waals surface area contributed by atoms with E-state index in [-0.39, 0.29) is 35.0 Å². The summed E-state index contributed by atoms with van der Waals surface area (Å²) in [4.78, 5) is 10.3. The third kappa shape index (κ3) is 6.03. The van der Waals surface area contributed by atoms with Crippen molar-refractivity contribution >= 4 is 43.8 Å². The second kappa shape index (κ2) is 9.29. The molecule has 152 valence electrons. The van der Waals surface area contributed by atoms with Crippen LogP contribution >= 0.6 is 15.9 Å². The first-order valence-corrected chi connectivity index (χ1v) is 9.39. The summed E-state index contributed by atoms with van der Waals surface area (Å²) in [6, 6.07) is 3.90. The van der Waals surface area contributed by atoms with Gasteiger partial charge in [-0.2, -0.15) is 13.1 Å². The molecular formula is C12H12BrFN6O7S. The molecule has 13 nitrogen and oxygen atoms in total. The van der Waals surface area contributed by atoms with Crippen molar-refractivity contribution in [3.05, 3.63) is 34.2 Å². The number of oxime groups is 1. The Bertz CT molecular complexity index is 983. The van der Waals surface area contributed by atoms with Crippen molar-refractivity contribution in [2.24, 2.45) is 5.16 Å². The zero-order valence-corrected chi connectivity index (χ0v) is 16.0. The number of amidine groups is 1. The van der Waals surface area contributed by atoms with Crippen LogP contribution in [0, 0.1) is 5.82 Å². The number of hydrogen-bond acceptors (Lipinski definition) is 9. The molecule has 2 aromatic rings. The largest absolute Gasteiger partial charge is 0.472 e. The lowest BCUT2D eigenvalue weighted by Crippen LogP contribution is -2.41. The van der Waals surface area contributed by atoms with E-state index >= 15 is 0 Å². The van der Waals surface area contributed by atoms with E-state index in [1.165, 1.54) is 16.9 Å². The van der Waals surface area contributed by atoms with Crippen molar-refractivity contribution in [3.8, 4) is 5.88 Å². The van der Waals surface area contributed by atoms with Gasteiger partial charge in [-0.1, -0.05) is 5.16 Å². The van der Waals surface area contributed by atoms with Crippen molar-refractivity contribution < 1.29 is 37.3 Å². The fourth-order valence-corrected chi connectivity index (χ4v) is 2.77. The van der Waals surface area contributed by atoms with Crippen LogP contribution < -0.4 is 19.5 Å². The van der Waals surface area contributed by atoms with Crippen LogP contribution in [0.3, 0.4) is 0 Å². The number of anilines is 1. The summed E-state index contributed by atoms with van der Waals surface area (Å²) >= 11 is 3.01. The highest BCUT2D eigenvalue weighted by Gasteiger charge is 2.20. The van der Waals surface area contributed by atoms with Crippen molar-refractivity contribution in [1.29, 1.82) is 0 Å². The average molecular weight is 483 g/mol. The number of ether oxygens (including phenoxy) is 1. The Balaban J connectivity index is 1.99. The quantitative estimate of drug-likeness (QED) is 0.118.